The summed E-state index contributed by atoms with van der Waals surface area (Å²) in [6, 6.07) is 0. The third-order valence-corrected chi connectivity index (χ3v) is 3.63. The highest BCUT2D eigenvalue weighted by Gasteiger charge is 2.09. The molecule has 0 aromatic rings. The predicted molar refractivity (Wildman–Crippen MR) is 79.7 cm³/mol. The Labute approximate surface area is 118 Å². The van der Waals surface area contributed by atoms with E-state index in [1.807, 2.05) is 0 Å². The van der Waals surface area contributed by atoms with Crippen LogP contribution in [0.25, 0.3) is 0 Å². The number of hydrogen-bond donors (Lipinski definition) is 1. The van der Waals surface area contributed by atoms with Crippen LogP contribution in [0, 0.1) is 0 Å². The number of ether oxygens (including phenoxy) is 2. The molecular formula is C15H32N2O2. The van der Waals surface area contributed by atoms with Gasteiger partial charge in [-0.15, -0.1) is 0 Å². The standard InChI is InChI=1S/C15H32N2O2/c1-3-6-15(4-2)19-12-8-16-7-5-9-17-10-13-18-14-11-17/h15-16H,3-14H2,1-2H3. The van der Waals surface area contributed by atoms with E-state index in [-0.39, 0.29) is 0 Å². The van der Waals surface area contributed by atoms with E-state index >= 15 is 0 Å². The first-order chi connectivity index (χ1) is 9.36. The van der Waals surface area contributed by atoms with Gasteiger partial charge in [-0.05, 0) is 32.4 Å². The third kappa shape index (κ3) is 8.58. The van der Waals surface area contributed by atoms with Crippen LogP contribution < -0.4 is 5.32 Å². The summed E-state index contributed by atoms with van der Waals surface area (Å²) in [6.07, 6.45) is 5.20. The van der Waals surface area contributed by atoms with E-state index in [4.69, 9.17) is 9.47 Å². The highest BCUT2D eigenvalue weighted by atomic mass is 16.5. The maximum atomic E-state index is 5.84. The van der Waals surface area contributed by atoms with Crippen molar-refractivity contribution < 1.29 is 9.47 Å². The minimum absolute atomic E-state index is 0.458. The van der Waals surface area contributed by atoms with Crippen LogP contribution in [0.15, 0.2) is 0 Å². The summed E-state index contributed by atoms with van der Waals surface area (Å²) < 4.78 is 11.2. The van der Waals surface area contributed by atoms with Crippen molar-refractivity contribution in [3.05, 3.63) is 0 Å². The Bertz CT molecular complexity index is 188. The van der Waals surface area contributed by atoms with Crippen LogP contribution in [0.3, 0.4) is 0 Å². The smallest absolute Gasteiger partial charge is 0.0594 e. The molecule has 114 valence electrons. The molecule has 1 atom stereocenters. The fourth-order valence-electron chi connectivity index (χ4n) is 2.40. The lowest BCUT2D eigenvalue weighted by Gasteiger charge is -2.26. The Kier molecular flexibility index (Phi) is 10.4. The fourth-order valence-corrected chi connectivity index (χ4v) is 2.40. The fraction of sp³-hybridized carbons (Fsp3) is 1.00. The second-order valence-electron chi connectivity index (χ2n) is 5.25. The number of morpholine rings is 1. The van der Waals surface area contributed by atoms with Crippen LogP contribution >= 0.6 is 0 Å². The molecule has 0 amide bonds. The topological polar surface area (TPSA) is 33.7 Å². The van der Waals surface area contributed by atoms with Crippen molar-refractivity contribution in [2.75, 3.05) is 52.5 Å². The second kappa shape index (κ2) is 11.6. The Hall–Kier alpha value is -0.160. The van der Waals surface area contributed by atoms with E-state index in [1.54, 1.807) is 0 Å². The van der Waals surface area contributed by atoms with Crippen LogP contribution in [0.5, 0.6) is 0 Å². The van der Waals surface area contributed by atoms with Crippen molar-refractivity contribution in [3.8, 4) is 0 Å². The van der Waals surface area contributed by atoms with Gasteiger partial charge < -0.3 is 14.8 Å². The second-order valence-corrected chi connectivity index (χ2v) is 5.25. The van der Waals surface area contributed by atoms with E-state index in [2.05, 4.69) is 24.1 Å². The van der Waals surface area contributed by atoms with Gasteiger partial charge in [-0.3, -0.25) is 4.90 Å². The molecule has 4 nitrogen and oxygen atoms in total. The van der Waals surface area contributed by atoms with Gasteiger partial charge in [0.15, 0.2) is 0 Å². The van der Waals surface area contributed by atoms with Crippen LogP contribution in [0.4, 0.5) is 0 Å². The Morgan fingerprint density at radius 1 is 1.21 bits per heavy atom. The lowest BCUT2D eigenvalue weighted by Crippen LogP contribution is -2.37. The molecule has 0 radical (unpaired) electrons. The number of nitrogens with one attached hydrogen (secondary N) is 1. The molecule has 1 heterocycles. The molecule has 4 heteroatoms. The minimum atomic E-state index is 0.458. The van der Waals surface area contributed by atoms with Gasteiger partial charge in [-0.2, -0.15) is 0 Å². The summed E-state index contributed by atoms with van der Waals surface area (Å²) in [5.74, 6) is 0. The van der Waals surface area contributed by atoms with Gasteiger partial charge in [0.05, 0.1) is 25.9 Å². The Balaban J connectivity index is 1.85. The molecule has 0 aromatic carbocycles. The molecule has 1 aliphatic heterocycles. The molecule has 1 aliphatic rings. The van der Waals surface area contributed by atoms with Gasteiger partial charge in [0.1, 0.15) is 0 Å². The zero-order chi connectivity index (χ0) is 13.8. The maximum absolute atomic E-state index is 5.84. The van der Waals surface area contributed by atoms with E-state index in [9.17, 15) is 0 Å². The monoisotopic (exact) mass is 272 g/mol. The van der Waals surface area contributed by atoms with Crippen molar-refractivity contribution in [2.45, 2.75) is 45.6 Å². The van der Waals surface area contributed by atoms with Crippen molar-refractivity contribution in [1.29, 1.82) is 0 Å². The van der Waals surface area contributed by atoms with Crippen molar-refractivity contribution in [3.63, 3.8) is 0 Å². The first-order valence-corrected chi connectivity index (χ1v) is 7.99. The first-order valence-electron chi connectivity index (χ1n) is 7.99. The molecule has 0 saturated carbocycles. The van der Waals surface area contributed by atoms with Crippen molar-refractivity contribution in [1.82, 2.24) is 10.2 Å². The third-order valence-electron chi connectivity index (χ3n) is 3.63. The predicted octanol–water partition coefficient (Wildman–Crippen LogP) is 1.89. The van der Waals surface area contributed by atoms with E-state index in [0.717, 1.165) is 52.4 Å². The summed E-state index contributed by atoms with van der Waals surface area (Å²) in [5, 5.41) is 3.46. The number of hydrogen-bond acceptors (Lipinski definition) is 4. The van der Waals surface area contributed by atoms with Crippen LogP contribution in [-0.2, 0) is 9.47 Å². The highest BCUT2D eigenvalue weighted by molar-refractivity contribution is 4.62. The van der Waals surface area contributed by atoms with Crippen molar-refractivity contribution >= 4 is 0 Å². The van der Waals surface area contributed by atoms with Gasteiger partial charge in [0.2, 0.25) is 0 Å². The van der Waals surface area contributed by atoms with Crippen LogP contribution in [-0.4, -0.2) is 63.5 Å². The van der Waals surface area contributed by atoms with E-state index in [1.165, 1.54) is 25.8 Å². The largest absolute Gasteiger partial charge is 0.379 e. The molecule has 1 rings (SSSR count). The minimum Gasteiger partial charge on any atom is -0.379 e. The van der Waals surface area contributed by atoms with Crippen LogP contribution in [0.1, 0.15) is 39.5 Å². The summed E-state index contributed by atoms with van der Waals surface area (Å²) in [4.78, 5) is 2.48. The maximum Gasteiger partial charge on any atom is 0.0594 e. The summed E-state index contributed by atoms with van der Waals surface area (Å²) >= 11 is 0. The molecule has 1 N–H and O–H groups in total. The van der Waals surface area contributed by atoms with Gasteiger partial charge in [0, 0.05) is 19.6 Å². The van der Waals surface area contributed by atoms with Gasteiger partial charge in [-0.25, -0.2) is 0 Å². The molecule has 1 saturated heterocycles. The quantitative estimate of drug-likeness (QED) is 0.582. The number of nitrogens with zero attached hydrogens (tertiary/aromatic N) is 1. The highest BCUT2D eigenvalue weighted by Crippen LogP contribution is 2.05. The lowest BCUT2D eigenvalue weighted by molar-refractivity contribution is 0.0367. The summed E-state index contributed by atoms with van der Waals surface area (Å²) in [6.45, 7) is 12.5. The Morgan fingerprint density at radius 3 is 2.68 bits per heavy atom. The molecule has 1 fully saturated rings. The molecule has 0 aromatic heterocycles. The lowest BCUT2D eigenvalue weighted by atomic mass is 10.2. The molecule has 19 heavy (non-hydrogen) atoms. The average molecular weight is 272 g/mol. The van der Waals surface area contributed by atoms with E-state index in [0.29, 0.717) is 6.10 Å². The number of rotatable bonds is 11. The molecule has 0 spiro atoms. The van der Waals surface area contributed by atoms with E-state index < -0.39 is 0 Å². The molecule has 0 aliphatic carbocycles. The van der Waals surface area contributed by atoms with Gasteiger partial charge >= 0.3 is 0 Å². The summed E-state index contributed by atoms with van der Waals surface area (Å²) in [5.41, 5.74) is 0. The molecule has 1 unspecified atom stereocenters. The zero-order valence-corrected chi connectivity index (χ0v) is 12.8. The normalized spacial score (nSPS) is 18.6. The molecular weight excluding hydrogens is 240 g/mol. The van der Waals surface area contributed by atoms with Crippen molar-refractivity contribution in [2.24, 2.45) is 0 Å². The molecule has 0 bridgehead atoms. The van der Waals surface area contributed by atoms with Gasteiger partial charge in [-0.1, -0.05) is 20.3 Å². The summed E-state index contributed by atoms with van der Waals surface area (Å²) in [7, 11) is 0. The SMILES string of the molecule is CCCC(CC)OCCNCCCN1CCOCC1. The zero-order valence-electron chi connectivity index (χ0n) is 12.8. The Morgan fingerprint density at radius 2 is 2.00 bits per heavy atom. The average Bonchev–Trinajstić information content (AvgIpc) is 2.46. The van der Waals surface area contributed by atoms with Gasteiger partial charge in [0.25, 0.3) is 0 Å². The first kappa shape index (κ1) is 16.9. The van der Waals surface area contributed by atoms with Crippen LogP contribution in [0.2, 0.25) is 0 Å².